The number of hydrogen-bond donors (Lipinski definition) is 0. The summed E-state index contributed by atoms with van der Waals surface area (Å²) in [6.45, 7) is 0. The average molecular weight is 790 g/mol. The third-order valence-electron chi connectivity index (χ3n) is 12.4. The van der Waals surface area contributed by atoms with E-state index in [0.29, 0.717) is 0 Å². The van der Waals surface area contributed by atoms with Gasteiger partial charge in [-0.15, -0.1) is 0 Å². The molecular weight excluding hydrogens is 751 g/mol. The number of fused-ring (bicyclic) bond motifs is 8. The lowest BCUT2D eigenvalue weighted by atomic mass is 9.84. The molecule has 12 rings (SSSR count). The Morgan fingerprint density at radius 3 is 1.60 bits per heavy atom. The number of benzene rings is 11. The Kier molecular flexibility index (Phi) is 8.53. The van der Waals surface area contributed by atoms with E-state index in [4.69, 9.17) is 4.42 Å². The van der Waals surface area contributed by atoms with Crippen LogP contribution in [0.25, 0.3) is 98.8 Å². The van der Waals surface area contributed by atoms with Crippen molar-refractivity contribution in [2.75, 3.05) is 4.90 Å². The van der Waals surface area contributed by atoms with Crippen molar-refractivity contribution in [1.82, 2.24) is 0 Å². The summed E-state index contributed by atoms with van der Waals surface area (Å²) in [5, 5.41) is 9.58. The van der Waals surface area contributed by atoms with E-state index in [9.17, 15) is 0 Å². The zero-order valence-electron chi connectivity index (χ0n) is 33.9. The van der Waals surface area contributed by atoms with Crippen molar-refractivity contribution in [1.29, 1.82) is 0 Å². The Hall–Kier alpha value is -8.20. The van der Waals surface area contributed by atoms with Gasteiger partial charge in [0.25, 0.3) is 0 Å². The van der Waals surface area contributed by atoms with Crippen LogP contribution >= 0.6 is 0 Å². The van der Waals surface area contributed by atoms with Crippen LogP contribution in [0, 0.1) is 0 Å². The van der Waals surface area contributed by atoms with Crippen LogP contribution in [0.15, 0.2) is 241 Å². The molecular formula is C60H39NO. The summed E-state index contributed by atoms with van der Waals surface area (Å²) in [4.78, 5) is 2.35. The monoisotopic (exact) mass is 789 g/mol. The molecule has 0 saturated carbocycles. The molecule has 0 unspecified atom stereocenters. The highest BCUT2D eigenvalue weighted by molar-refractivity contribution is 6.22. The number of hydrogen-bond acceptors (Lipinski definition) is 2. The Balaban J connectivity index is 0.982. The summed E-state index contributed by atoms with van der Waals surface area (Å²) >= 11 is 0. The molecule has 1 heterocycles. The maximum Gasteiger partial charge on any atom is 0.143 e. The Morgan fingerprint density at radius 1 is 0.290 bits per heavy atom. The number of rotatable bonds is 7. The van der Waals surface area contributed by atoms with Crippen molar-refractivity contribution < 1.29 is 4.42 Å². The quantitative estimate of drug-likeness (QED) is 0.150. The summed E-state index contributed by atoms with van der Waals surface area (Å²) in [6, 6.07) is 85.3. The number of furan rings is 1. The molecule has 1 aromatic heterocycles. The van der Waals surface area contributed by atoms with Gasteiger partial charge in [0.1, 0.15) is 11.2 Å². The van der Waals surface area contributed by atoms with Gasteiger partial charge in [-0.1, -0.05) is 182 Å². The Labute approximate surface area is 360 Å². The maximum atomic E-state index is 6.58. The maximum absolute atomic E-state index is 6.58. The fraction of sp³-hybridized carbons (Fsp3) is 0. The van der Waals surface area contributed by atoms with Crippen molar-refractivity contribution in [2.45, 2.75) is 0 Å². The lowest BCUT2D eigenvalue weighted by Crippen LogP contribution is -2.09. The van der Waals surface area contributed by atoms with Crippen LogP contribution in [0.2, 0.25) is 0 Å². The Morgan fingerprint density at radius 2 is 0.839 bits per heavy atom. The van der Waals surface area contributed by atoms with Gasteiger partial charge in [0.05, 0.1) is 0 Å². The third-order valence-corrected chi connectivity index (χ3v) is 12.4. The van der Waals surface area contributed by atoms with E-state index in [1.165, 1.54) is 54.7 Å². The molecule has 2 nitrogen and oxygen atoms in total. The first-order valence-corrected chi connectivity index (χ1v) is 21.3. The molecule has 2 heteroatoms. The van der Waals surface area contributed by atoms with Crippen molar-refractivity contribution >= 4 is 71.3 Å². The molecule has 0 aliphatic heterocycles. The van der Waals surface area contributed by atoms with Crippen LogP contribution in [-0.4, -0.2) is 0 Å². The molecule has 0 atom stereocenters. The molecule has 0 fully saturated rings. The van der Waals surface area contributed by atoms with E-state index in [0.717, 1.165) is 61.1 Å². The van der Waals surface area contributed by atoms with E-state index in [1.807, 2.05) is 0 Å². The highest BCUT2D eigenvalue weighted by atomic mass is 16.3. The van der Waals surface area contributed by atoms with Gasteiger partial charge < -0.3 is 9.32 Å². The lowest BCUT2D eigenvalue weighted by molar-refractivity contribution is 0.673. The molecule has 0 spiro atoms. The molecule has 12 aromatic rings. The van der Waals surface area contributed by atoms with E-state index in [-0.39, 0.29) is 0 Å². The van der Waals surface area contributed by atoms with Crippen molar-refractivity contribution in [3.8, 4) is 44.5 Å². The topological polar surface area (TPSA) is 16.4 Å². The standard InChI is InChI=1S/C60H39NO/c1-4-17-42(18-5-1)57-53-27-13-12-26-51(53)52-36-33-44(39-55(52)58(57)43-19-6-2-7-20-43)40-30-34-47(35-31-40)61(46-22-8-3-9-23-46)48-24-14-21-45(38-48)49-28-15-29-56-59(49)54-37-32-41-16-10-11-25-50(41)60(54)62-56/h1-39H. The van der Waals surface area contributed by atoms with Crippen molar-refractivity contribution in [3.05, 3.63) is 237 Å². The molecule has 11 aromatic carbocycles. The molecule has 0 N–H and O–H groups in total. The minimum Gasteiger partial charge on any atom is -0.455 e. The molecule has 0 amide bonds. The summed E-state index contributed by atoms with van der Waals surface area (Å²) in [5.74, 6) is 0. The van der Waals surface area contributed by atoms with Crippen molar-refractivity contribution in [2.24, 2.45) is 0 Å². The molecule has 0 aliphatic rings. The normalized spacial score (nSPS) is 11.5. The first-order chi connectivity index (χ1) is 30.8. The smallest absolute Gasteiger partial charge is 0.143 e. The number of anilines is 3. The number of nitrogens with zero attached hydrogens (tertiary/aromatic N) is 1. The predicted molar refractivity (Wildman–Crippen MR) is 263 cm³/mol. The van der Waals surface area contributed by atoms with Crippen LogP contribution in [0.1, 0.15) is 0 Å². The minimum absolute atomic E-state index is 0.892. The van der Waals surface area contributed by atoms with Gasteiger partial charge in [-0.05, 0) is 126 Å². The second-order valence-corrected chi connectivity index (χ2v) is 16.0. The zero-order valence-corrected chi connectivity index (χ0v) is 33.9. The summed E-state index contributed by atoms with van der Waals surface area (Å²) in [7, 11) is 0. The van der Waals surface area contributed by atoms with Gasteiger partial charge >= 0.3 is 0 Å². The third kappa shape index (κ3) is 5.96. The van der Waals surface area contributed by atoms with E-state index in [1.54, 1.807) is 0 Å². The van der Waals surface area contributed by atoms with Crippen molar-refractivity contribution in [3.63, 3.8) is 0 Å². The number of para-hydroxylation sites is 1. The molecule has 0 aliphatic carbocycles. The first-order valence-electron chi connectivity index (χ1n) is 21.3. The van der Waals surface area contributed by atoms with E-state index in [2.05, 4.69) is 241 Å². The fourth-order valence-electron chi connectivity index (χ4n) is 9.61. The van der Waals surface area contributed by atoms with Gasteiger partial charge in [-0.25, -0.2) is 0 Å². The predicted octanol–water partition coefficient (Wildman–Crippen LogP) is 17.2. The van der Waals surface area contributed by atoms with Gasteiger partial charge in [-0.3, -0.25) is 0 Å². The second kappa shape index (κ2) is 14.8. The molecule has 0 saturated heterocycles. The molecule has 62 heavy (non-hydrogen) atoms. The van der Waals surface area contributed by atoms with Crippen LogP contribution < -0.4 is 4.90 Å². The minimum atomic E-state index is 0.892. The van der Waals surface area contributed by atoms with Crippen LogP contribution in [0.3, 0.4) is 0 Å². The zero-order chi connectivity index (χ0) is 41.0. The van der Waals surface area contributed by atoms with Crippen LogP contribution in [-0.2, 0) is 0 Å². The summed E-state index contributed by atoms with van der Waals surface area (Å²) < 4.78 is 6.58. The van der Waals surface area contributed by atoms with E-state index >= 15 is 0 Å². The lowest BCUT2D eigenvalue weighted by Gasteiger charge is -2.26. The molecule has 0 bridgehead atoms. The fourth-order valence-corrected chi connectivity index (χ4v) is 9.61. The van der Waals surface area contributed by atoms with Crippen LogP contribution in [0.5, 0.6) is 0 Å². The van der Waals surface area contributed by atoms with Gasteiger partial charge in [0.2, 0.25) is 0 Å². The summed E-state index contributed by atoms with van der Waals surface area (Å²) in [6.07, 6.45) is 0. The van der Waals surface area contributed by atoms with Gasteiger partial charge in [-0.2, -0.15) is 0 Å². The van der Waals surface area contributed by atoms with Crippen LogP contribution in [0.4, 0.5) is 17.1 Å². The van der Waals surface area contributed by atoms with Gasteiger partial charge in [0, 0.05) is 33.2 Å². The largest absolute Gasteiger partial charge is 0.455 e. The first kappa shape index (κ1) is 35.7. The molecule has 0 radical (unpaired) electrons. The molecule has 290 valence electrons. The second-order valence-electron chi connectivity index (χ2n) is 16.0. The summed E-state index contributed by atoms with van der Waals surface area (Å²) in [5.41, 5.74) is 14.6. The average Bonchev–Trinajstić information content (AvgIpc) is 3.74. The van der Waals surface area contributed by atoms with Gasteiger partial charge in [0.15, 0.2) is 0 Å². The highest BCUT2D eigenvalue weighted by Gasteiger charge is 2.20. The Bertz CT molecular complexity index is 3610. The van der Waals surface area contributed by atoms with E-state index < -0.39 is 0 Å². The highest BCUT2D eigenvalue weighted by Crippen LogP contribution is 2.46. The SMILES string of the molecule is c1ccc(-c2c(-c3ccccc3)c3cc(-c4ccc(N(c5ccccc5)c5cccc(-c6cccc7oc8c9ccccc9ccc8c67)c5)cc4)ccc3c3ccccc23)cc1.